The van der Waals surface area contributed by atoms with Gasteiger partial charge in [-0.25, -0.2) is 0 Å². The van der Waals surface area contributed by atoms with Crippen molar-refractivity contribution >= 4 is 5.97 Å². The molecule has 20 heavy (non-hydrogen) atoms. The maximum Gasteiger partial charge on any atom is 0.303 e. The molecular weight excluding hydrogens is 250 g/mol. The fourth-order valence-corrected chi connectivity index (χ4v) is 1.83. The van der Waals surface area contributed by atoms with E-state index in [2.05, 4.69) is 43.4 Å². The van der Waals surface area contributed by atoms with Gasteiger partial charge in [0.2, 0.25) is 0 Å². The highest BCUT2D eigenvalue weighted by Gasteiger charge is 1.93. The Bertz CT molecular complexity index is 301. The zero-order valence-corrected chi connectivity index (χ0v) is 12.9. The summed E-state index contributed by atoms with van der Waals surface area (Å²) < 4.78 is 0. The molecule has 0 aromatic carbocycles. The number of hydrogen-bond donors (Lipinski definition) is 1. The lowest BCUT2D eigenvalue weighted by atomic mass is 10.2. The second-order valence-electron chi connectivity index (χ2n) is 5.02. The molecule has 0 aliphatic carbocycles. The number of aliphatic carboxylic acids is 1. The molecule has 0 saturated heterocycles. The first-order chi connectivity index (χ1) is 9.77. The molecule has 114 valence electrons. The van der Waals surface area contributed by atoms with E-state index in [1.165, 1.54) is 25.7 Å². The summed E-state index contributed by atoms with van der Waals surface area (Å²) in [5, 5.41) is 8.48. The molecule has 0 saturated carbocycles. The number of carboxylic acids is 1. The Morgan fingerprint density at radius 2 is 1.30 bits per heavy atom. The highest BCUT2D eigenvalue weighted by Crippen LogP contribution is 2.02. The summed E-state index contributed by atoms with van der Waals surface area (Å²) >= 11 is 0. The third-order valence-corrected chi connectivity index (χ3v) is 3.03. The fraction of sp³-hybridized carbons (Fsp3) is 0.611. The molecule has 0 bridgehead atoms. The summed E-state index contributed by atoms with van der Waals surface area (Å²) in [6.45, 7) is 2.23. The summed E-state index contributed by atoms with van der Waals surface area (Å²) in [6, 6.07) is 0. The van der Waals surface area contributed by atoms with Crippen LogP contribution in [0.5, 0.6) is 0 Å². The zero-order chi connectivity index (χ0) is 14.9. The first-order valence-corrected chi connectivity index (χ1v) is 7.94. The lowest BCUT2D eigenvalue weighted by Crippen LogP contribution is -1.92. The van der Waals surface area contributed by atoms with Gasteiger partial charge in [0.25, 0.3) is 0 Å². The van der Waals surface area contributed by atoms with Crippen LogP contribution in [0.3, 0.4) is 0 Å². The van der Waals surface area contributed by atoms with Crippen molar-refractivity contribution in [2.24, 2.45) is 0 Å². The maximum absolute atomic E-state index is 10.3. The minimum Gasteiger partial charge on any atom is -0.481 e. The molecule has 0 aromatic heterocycles. The van der Waals surface area contributed by atoms with E-state index < -0.39 is 5.97 Å². The smallest absolute Gasteiger partial charge is 0.303 e. The van der Waals surface area contributed by atoms with Crippen LogP contribution in [-0.2, 0) is 4.79 Å². The fourth-order valence-electron chi connectivity index (χ4n) is 1.83. The van der Waals surface area contributed by atoms with E-state index >= 15 is 0 Å². The van der Waals surface area contributed by atoms with Crippen LogP contribution in [0.1, 0.15) is 71.1 Å². The Kier molecular flexibility index (Phi) is 14.7. The van der Waals surface area contributed by atoms with Gasteiger partial charge in [0.1, 0.15) is 0 Å². The summed E-state index contributed by atoms with van der Waals surface area (Å²) in [6.07, 6.45) is 23.3. The molecule has 0 atom stereocenters. The maximum atomic E-state index is 10.3. The molecule has 2 nitrogen and oxygen atoms in total. The molecule has 0 aromatic rings. The SMILES string of the molecule is CCCCC/C=C\C/C=C\C/C=C\CCCC[14C](=O)O. The van der Waals surface area contributed by atoms with E-state index in [0.29, 0.717) is 6.42 Å². The molecule has 0 spiro atoms. The molecule has 0 radical (unpaired) electrons. The van der Waals surface area contributed by atoms with E-state index in [1.54, 1.807) is 0 Å². The molecule has 0 amide bonds. The first-order valence-electron chi connectivity index (χ1n) is 7.94. The lowest BCUT2D eigenvalue weighted by Gasteiger charge is -1.92. The topological polar surface area (TPSA) is 37.3 Å². The highest BCUT2D eigenvalue weighted by molar-refractivity contribution is 5.66. The third kappa shape index (κ3) is 16.7. The van der Waals surface area contributed by atoms with Crippen molar-refractivity contribution in [2.45, 2.75) is 71.1 Å². The average molecular weight is 280 g/mol. The molecule has 0 aliphatic rings. The standard InChI is InChI=1S/C18H30O2/c1-2-3-4-5-6-7-8-9-10-11-12-13-14-15-16-17-18(19)20/h6-7,9-10,12-13H,2-5,8,11,14-17H2,1H3,(H,19,20)/b7-6-,10-9-,13-12-/i18+2. The van der Waals surface area contributed by atoms with E-state index in [0.717, 1.165) is 32.1 Å². The minimum atomic E-state index is -0.695. The average Bonchev–Trinajstić information content (AvgIpc) is 2.43. The van der Waals surface area contributed by atoms with Crippen molar-refractivity contribution in [1.82, 2.24) is 0 Å². The number of unbranched alkanes of at least 4 members (excludes halogenated alkanes) is 5. The Morgan fingerprint density at radius 1 is 0.800 bits per heavy atom. The van der Waals surface area contributed by atoms with E-state index in [1.807, 2.05) is 0 Å². The first kappa shape index (κ1) is 18.7. The van der Waals surface area contributed by atoms with Gasteiger partial charge in [-0.05, 0) is 44.9 Å². The molecule has 0 unspecified atom stereocenters. The van der Waals surface area contributed by atoms with Crippen LogP contribution in [-0.4, -0.2) is 11.1 Å². The number of rotatable bonds is 13. The lowest BCUT2D eigenvalue weighted by molar-refractivity contribution is -0.137. The number of hydrogen-bond acceptors (Lipinski definition) is 1. The van der Waals surface area contributed by atoms with Gasteiger partial charge in [-0.2, -0.15) is 0 Å². The normalized spacial score (nSPS) is 12.1. The second-order valence-corrected chi connectivity index (χ2v) is 5.02. The van der Waals surface area contributed by atoms with E-state index in [-0.39, 0.29) is 0 Å². The molecule has 1 N–H and O–H groups in total. The van der Waals surface area contributed by atoms with Crippen LogP contribution in [0.4, 0.5) is 0 Å². The van der Waals surface area contributed by atoms with Gasteiger partial charge in [0, 0.05) is 6.42 Å². The monoisotopic (exact) mass is 280 g/mol. The molecule has 0 heterocycles. The van der Waals surface area contributed by atoms with Crippen LogP contribution in [0.2, 0.25) is 0 Å². The van der Waals surface area contributed by atoms with Crippen LogP contribution >= 0.6 is 0 Å². The number of carboxylic acid groups (broad SMARTS) is 1. The van der Waals surface area contributed by atoms with Gasteiger partial charge in [-0.1, -0.05) is 56.2 Å². The van der Waals surface area contributed by atoms with Gasteiger partial charge >= 0.3 is 5.97 Å². The van der Waals surface area contributed by atoms with Crippen LogP contribution < -0.4 is 0 Å². The number of carbonyl (C=O) groups is 1. The molecule has 0 fully saturated rings. The molecule has 2 heteroatoms. The quantitative estimate of drug-likeness (QED) is 0.349. The Balaban J connectivity index is 3.32. The van der Waals surface area contributed by atoms with Crippen molar-refractivity contribution in [2.75, 3.05) is 0 Å². The second kappa shape index (κ2) is 15.7. The van der Waals surface area contributed by atoms with Gasteiger partial charge in [-0.15, -0.1) is 0 Å². The largest absolute Gasteiger partial charge is 0.481 e. The summed E-state index contributed by atoms with van der Waals surface area (Å²) in [5.41, 5.74) is 0. The minimum absolute atomic E-state index is 0.290. The Hall–Kier alpha value is -1.31. The van der Waals surface area contributed by atoms with Gasteiger partial charge < -0.3 is 5.11 Å². The summed E-state index contributed by atoms with van der Waals surface area (Å²) in [5.74, 6) is -0.695. The van der Waals surface area contributed by atoms with Crippen molar-refractivity contribution < 1.29 is 9.90 Å². The Morgan fingerprint density at radius 3 is 1.80 bits per heavy atom. The Labute approximate surface area is 124 Å². The van der Waals surface area contributed by atoms with Crippen molar-refractivity contribution in [3.8, 4) is 0 Å². The predicted octanol–water partition coefficient (Wildman–Crippen LogP) is 5.66. The molecule has 0 rings (SSSR count). The predicted molar refractivity (Wildman–Crippen MR) is 86.9 cm³/mol. The highest BCUT2D eigenvalue weighted by atomic mass is 16.6. The number of allylic oxidation sites excluding steroid dienone is 6. The van der Waals surface area contributed by atoms with Crippen molar-refractivity contribution in [3.63, 3.8) is 0 Å². The zero-order valence-electron chi connectivity index (χ0n) is 12.9. The van der Waals surface area contributed by atoms with E-state index in [4.69, 9.17) is 5.11 Å². The van der Waals surface area contributed by atoms with E-state index in [9.17, 15) is 4.79 Å². The van der Waals surface area contributed by atoms with Gasteiger partial charge in [0.05, 0.1) is 0 Å². The summed E-state index contributed by atoms with van der Waals surface area (Å²) in [7, 11) is 0. The summed E-state index contributed by atoms with van der Waals surface area (Å²) in [4.78, 5) is 10.3. The molecular formula is C18H30O2. The van der Waals surface area contributed by atoms with Gasteiger partial charge in [0.15, 0.2) is 0 Å². The van der Waals surface area contributed by atoms with Crippen molar-refractivity contribution in [3.05, 3.63) is 36.5 Å². The van der Waals surface area contributed by atoms with Crippen LogP contribution in [0, 0.1) is 0 Å². The molecule has 0 aliphatic heterocycles. The third-order valence-electron chi connectivity index (χ3n) is 3.03. The van der Waals surface area contributed by atoms with Crippen molar-refractivity contribution in [1.29, 1.82) is 0 Å². The van der Waals surface area contributed by atoms with Gasteiger partial charge in [-0.3, -0.25) is 4.79 Å². The van der Waals surface area contributed by atoms with Crippen LogP contribution in [0.25, 0.3) is 0 Å². The van der Waals surface area contributed by atoms with Crippen LogP contribution in [0.15, 0.2) is 36.5 Å².